The van der Waals surface area contributed by atoms with Crippen LogP contribution in [0.3, 0.4) is 0 Å². The molecule has 6 heteroatoms. The standard InChI is InChI=1S/C15H31N3O2S/c1-13(2)11-17-7-9-18(10-8-17)15(12-16)6-4-5-14(15)21(3,19)20/h13-14H,4-12,16H2,1-3H3. The van der Waals surface area contributed by atoms with Crippen molar-refractivity contribution in [2.24, 2.45) is 11.7 Å². The monoisotopic (exact) mass is 317 g/mol. The highest BCUT2D eigenvalue weighted by molar-refractivity contribution is 7.91. The molecule has 2 fully saturated rings. The number of sulfone groups is 1. The van der Waals surface area contributed by atoms with Crippen LogP contribution in [0, 0.1) is 5.92 Å². The van der Waals surface area contributed by atoms with Crippen molar-refractivity contribution >= 4 is 9.84 Å². The van der Waals surface area contributed by atoms with Crippen LogP contribution in [0.2, 0.25) is 0 Å². The number of nitrogens with two attached hydrogens (primary N) is 1. The molecule has 0 aromatic heterocycles. The SMILES string of the molecule is CC(C)CN1CCN(C2(CN)CCCC2S(C)(=O)=O)CC1. The Morgan fingerprint density at radius 1 is 1.24 bits per heavy atom. The highest BCUT2D eigenvalue weighted by atomic mass is 32.2. The quantitative estimate of drug-likeness (QED) is 0.802. The molecule has 0 aromatic rings. The van der Waals surface area contributed by atoms with Gasteiger partial charge < -0.3 is 10.6 Å². The van der Waals surface area contributed by atoms with E-state index in [1.54, 1.807) is 0 Å². The lowest BCUT2D eigenvalue weighted by Crippen LogP contribution is -2.64. The van der Waals surface area contributed by atoms with Crippen LogP contribution in [0.4, 0.5) is 0 Å². The van der Waals surface area contributed by atoms with Crippen LogP contribution >= 0.6 is 0 Å². The van der Waals surface area contributed by atoms with Crippen LogP contribution in [-0.2, 0) is 9.84 Å². The largest absolute Gasteiger partial charge is 0.329 e. The minimum Gasteiger partial charge on any atom is -0.329 e. The van der Waals surface area contributed by atoms with Crippen LogP contribution in [0.15, 0.2) is 0 Å². The van der Waals surface area contributed by atoms with Gasteiger partial charge in [0, 0.05) is 51.1 Å². The minimum absolute atomic E-state index is 0.286. The molecule has 0 radical (unpaired) electrons. The summed E-state index contributed by atoms with van der Waals surface area (Å²) in [6.07, 6.45) is 4.04. The second-order valence-corrected chi connectivity index (χ2v) is 9.43. The molecule has 1 saturated carbocycles. The van der Waals surface area contributed by atoms with E-state index in [4.69, 9.17) is 5.73 Å². The maximum atomic E-state index is 12.2. The third kappa shape index (κ3) is 3.60. The Balaban J connectivity index is 2.09. The van der Waals surface area contributed by atoms with E-state index in [2.05, 4.69) is 23.6 Å². The van der Waals surface area contributed by atoms with Gasteiger partial charge in [-0.15, -0.1) is 0 Å². The van der Waals surface area contributed by atoms with Gasteiger partial charge in [0.15, 0.2) is 9.84 Å². The Kier molecular flexibility index (Phi) is 5.34. The summed E-state index contributed by atoms with van der Waals surface area (Å²) in [5.74, 6) is 0.676. The first-order valence-corrected chi connectivity index (χ1v) is 10.1. The maximum Gasteiger partial charge on any atom is 0.152 e. The van der Waals surface area contributed by atoms with E-state index < -0.39 is 9.84 Å². The van der Waals surface area contributed by atoms with Crippen molar-refractivity contribution < 1.29 is 8.42 Å². The molecule has 0 aromatic carbocycles. The van der Waals surface area contributed by atoms with E-state index in [1.807, 2.05) is 0 Å². The Bertz CT molecular complexity index is 444. The van der Waals surface area contributed by atoms with Crippen LogP contribution in [0.25, 0.3) is 0 Å². The molecule has 0 bridgehead atoms. The van der Waals surface area contributed by atoms with Crippen molar-refractivity contribution in [1.82, 2.24) is 9.80 Å². The summed E-state index contributed by atoms with van der Waals surface area (Å²) >= 11 is 0. The van der Waals surface area contributed by atoms with Crippen molar-refractivity contribution in [3.8, 4) is 0 Å². The highest BCUT2D eigenvalue weighted by Crippen LogP contribution is 2.39. The summed E-state index contributed by atoms with van der Waals surface area (Å²) in [7, 11) is -3.04. The van der Waals surface area contributed by atoms with E-state index in [9.17, 15) is 8.42 Å². The molecule has 2 unspecified atom stereocenters. The van der Waals surface area contributed by atoms with Gasteiger partial charge in [0.1, 0.15) is 0 Å². The Morgan fingerprint density at radius 3 is 2.33 bits per heavy atom. The molecule has 2 N–H and O–H groups in total. The topological polar surface area (TPSA) is 66.6 Å². The van der Waals surface area contributed by atoms with Crippen molar-refractivity contribution in [2.45, 2.75) is 43.9 Å². The molecule has 0 amide bonds. The third-order valence-corrected chi connectivity index (χ3v) is 6.88. The smallest absolute Gasteiger partial charge is 0.152 e. The molecule has 21 heavy (non-hydrogen) atoms. The van der Waals surface area contributed by atoms with Gasteiger partial charge in [-0.2, -0.15) is 0 Å². The summed E-state index contributed by atoms with van der Waals surface area (Å²) in [6, 6.07) is 0. The van der Waals surface area contributed by atoms with E-state index in [0.717, 1.165) is 52.0 Å². The number of rotatable bonds is 5. The summed E-state index contributed by atoms with van der Waals surface area (Å²) < 4.78 is 24.3. The maximum absolute atomic E-state index is 12.2. The van der Waals surface area contributed by atoms with E-state index in [-0.39, 0.29) is 10.8 Å². The first-order chi connectivity index (χ1) is 9.79. The van der Waals surface area contributed by atoms with Crippen molar-refractivity contribution in [1.29, 1.82) is 0 Å². The zero-order valence-corrected chi connectivity index (χ0v) is 14.5. The van der Waals surface area contributed by atoms with Crippen LogP contribution in [0.5, 0.6) is 0 Å². The molecule has 2 aliphatic rings. The lowest BCUT2D eigenvalue weighted by molar-refractivity contribution is 0.0376. The summed E-state index contributed by atoms with van der Waals surface area (Å²) in [4.78, 5) is 4.86. The van der Waals surface area contributed by atoms with Gasteiger partial charge in [0.2, 0.25) is 0 Å². The Morgan fingerprint density at radius 2 is 1.86 bits per heavy atom. The first-order valence-electron chi connectivity index (χ1n) is 8.16. The van der Waals surface area contributed by atoms with Crippen LogP contribution < -0.4 is 5.73 Å². The van der Waals surface area contributed by atoms with Gasteiger partial charge in [-0.3, -0.25) is 4.90 Å². The van der Waals surface area contributed by atoms with E-state index in [0.29, 0.717) is 12.5 Å². The molecule has 5 nitrogen and oxygen atoms in total. The molecular weight excluding hydrogens is 286 g/mol. The fraction of sp³-hybridized carbons (Fsp3) is 1.00. The average molecular weight is 317 g/mol. The highest BCUT2D eigenvalue weighted by Gasteiger charge is 2.51. The second-order valence-electron chi connectivity index (χ2n) is 7.20. The lowest BCUT2D eigenvalue weighted by atomic mass is 9.93. The van der Waals surface area contributed by atoms with E-state index >= 15 is 0 Å². The molecule has 1 saturated heterocycles. The fourth-order valence-corrected chi connectivity index (χ4v) is 6.01. The summed E-state index contributed by atoms with van der Waals surface area (Å²) in [5.41, 5.74) is 5.76. The Labute approximate surface area is 129 Å². The summed E-state index contributed by atoms with van der Waals surface area (Å²) in [6.45, 7) is 9.99. The Hall–Kier alpha value is -0.170. The molecule has 2 rings (SSSR count). The summed E-state index contributed by atoms with van der Waals surface area (Å²) in [5, 5.41) is -0.286. The van der Waals surface area contributed by atoms with Crippen LogP contribution in [0.1, 0.15) is 33.1 Å². The van der Waals surface area contributed by atoms with Gasteiger partial charge >= 0.3 is 0 Å². The predicted molar refractivity (Wildman–Crippen MR) is 87.1 cm³/mol. The van der Waals surface area contributed by atoms with Crippen LogP contribution in [-0.4, -0.2) is 74.5 Å². The number of piperazine rings is 1. The normalized spacial score (nSPS) is 32.9. The van der Waals surface area contributed by atoms with Crippen molar-refractivity contribution in [3.63, 3.8) is 0 Å². The van der Waals surface area contributed by atoms with Gasteiger partial charge in [0.25, 0.3) is 0 Å². The number of hydrogen-bond acceptors (Lipinski definition) is 5. The van der Waals surface area contributed by atoms with E-state index in [1.165, 1.54) is 6.26 Å². The third-order valence-electron chi connectivity index (χ3n) is 5.17. The molecule has 124 valence electrons. The zero-order valence-electron chi connectivity index (χ0n) is 13.7. The predicted octanol–water partition coefficient (Wildman–Crippen LogP) is 0.555. The molecule has 1 heterocycles. The molecule has 1 aliphatic carbocycles. The van der Waals surface area contributed by atoms with Gasteiger partial charge in [-0.25, -0.2) is 8.42 Å². The molecular formula is C15H31N3O2S. The second kappa shape index (κ2) is 6.52. The molecule has 0 spiro atoms. The lowest BCUT2D eigenvalue weighted by Gasteiger charge is -2.48. The van der Waals surface area contributed by atoms with Gasteiger partial charge in [-0.05, 0) is 18.8 Å². The van der Waals surface area contributed by atoms with Gasteiger partial charge in [0.05, 0.1) is 5.25 Å². The fourth-order valence-electron chi connectivity index (χ4n) is 4.25. The molecule has 2 atom stereocenters. The molecule has 1 aliphatic heterocycles. The van der Waals surface area contributed by atoms with Crippen molar-refractivity contribution in [3.05, 3.63) is 0 Å². The van der Waals surface area contributed by atoms with Gasteiger partial charge in [-0.1, -0.05) is 20.3 Å². The average Bonchev–Trinajstić information content (AvgIpc) is 2.84. The number of nitrogens with zero attached hydrogens (tertiary/aromatic N) is 2. The first kappa shape index (κ1) is 17.2. The number of hydrogen-bond donors (Lipinski definition) is 1. The minimum atomic E-state index is -3.04. The van der Waals surface area contributed by atoms with Crippen molar-refractivity contribution in [2.75, 3.05) is 45.5 Å². The zero-order chi connectivity index (χ0) is 15.7.